The lowest BCUT2D eigenvalue weighted by Gasteiger charge is -2.22. The molecule has 24 heavy (non-hydrogen) atoms. The smallest absolute Gasteiger partial charge is 0.194 e. The predicted molar refractivity (Wildman–Crippen MR) is 95.7 cm³/mol. The lowest BCUT2D eigenvalue weighted by atomic mass is 10.2. The molecule has 6 nitrogen and oxygen atoms in total. The summed E-state index contributed by atoms with van der Waals surface area (Å²) in [5.74, 6) is 2.99. The molecule has 1 aromatic heterocycles. The van der Waals surface area contributed by atoms with Crippen LogP contribution in [-0.4, -0.2) is 39.7 Å². The van der Waals surface area contributed by atoms with Crippen LogP contribution in [-0.2, 0) is 26.1 Å². The number of nitrogens with one attached hydrogen (secondary N) is 1. The van der Waals surface area contributed by atoms with Crippen LogP contribution in [0.15, 0.2) is 35.3 Å². The largest absolute Gasteiger partial charge is 0.349 e. The van der Waals surface area contributed by atoms with Crippen molar-refractivity contribution in [2.75, 3.05) is 14.1 Å². The number of guanidine groups is 1. The van der Waals surface area contributed by atoms with Gasteiger partial charge in [-0.1, -0.05) is 36.8 Å². The van der Waals surface area contributed by atoms with Gasteiger partial charge in [0.25, 0.3) is 0 Å². The lowest BCUT2D eigenvalue weighted by Crippen LogP contribution is -2.38. The quantitative estimate of drug-likeness (QED) is 0.691. The zero-order valence-electron chi connectivity index (χ0n) is 14.6. The summed E-state index contributed by atoms with van der Waals surface area (Å²) in [5.41, 5.74) is 1.26. The molecule has 0 atom stereocenters. The van der Waals surface area contributed by atoms with Crippen molar-refractivity contribution < 1.29 is 0 Å². The molecule has 0 saturated heterocycles. The third-order valence-corrected chi connectivity index (χ3v) is 4.43. The minimum Gasteiger partial charge on any atom is -0.349 e. The lowest BCUT2D eigenvalue weighted by molar-refractivity contribution is 0.473. The molecule has 3 rings (SSSR count). The van der Waals surface area contributed by atoms with Crippen molar-refractivity contribution in [1.29, 1.82) is 0 Å². The third-order valence-electron chi connectivity index (χ3n) is 4.43. The van der Waals surface area contributed by atoms with Crippen LogP contribution < -0.4 is 5.32 Å². The van der Waals surface area contributed by atoms with E-state index in [0.717, 1.165) is 37.1 Å². The summed E-state index contributed by atoms with van der Waals surface area (Å²) < 4.78 is 2.27. The van der Waals surface area contributed by atoms with E-state index in [1.54, 1.807) is 0 Å². The van der Waals surface area contributed by atoms with Crippen LogP contribution in [0.25, 0.3) is 0 Å². The van der Waals surface area contributed by atoms with E-state index >= 15 is 0 Å². The van der Waals surface area contributed by atoms with Gasteiger partial charge in [0, 0.05) is 33.6 Å². The van der Waals surface area contributed by atoms with Gasteiger partial charge in [-0.25, -0.2) is 0 Å². The molecule has 0 radical (unpaired) electrons. The molecule has 1 N–H and O–H groups in total. The highest BCUT2D eigenvalue weighted by atomic mass is 15.3. The Bertz CT molecular complexity index is 676. The number of aromatic nitrogens is 3. The maximum Gasteiger partial charge on any atom is 0.194 e. The Morgan fingerprint density at radius 2 is 2.04 bits per heavy atom. The number of aliphatic imine (C=N–C) groups is 1. The molecule has 0 bridgehead atoms. The van der Waals surface area contributed by atoms with Crippen LogP contribution in [0.2, 0.25) is 0 Å². The van der Waals surface area contributed by atoms with Crippen molar-refractivity contribution in [1.82, 2.24) is 25.0 Å². The van der Waals surface area contributed by atoms with Crippen LogP contribution in [0.5, 0.6) is 0 Å². The van der Waals surface area contributed by atoms with Crippen LogP contribution in [0.4, 0.5) is 0 Å². The topological polar surface area (TPSA) is 58.3 Å². The summed E-state index contributed by atoms with van der Waals surface area (Å²) in [6.07, 6.45) is 4.74. The van der Waals surface area contributed by atoms with Gasteiger partial charge in [0.1, 0.15) is 5.82 Å². The molecule has 1 aromatic carbocycles. The summed E-state index contributed by atoms with van der Waals surface area (Å²) in [4.78, 5) is 6.51. The van der Waals surface area contributed by atoms with Gasteiger partial charge in [-0.3, -0.25) is 4.99 Å². The monoisotopic (exact) mass is 326 g/mol. The highest BCUT2D eigenvalue weighted by molar-refractivity contribution is 5.79. The molecular weight excluding hydrogens is 300 g/mol. The van der Waals surface area contributed by atoms with E-state index in [9.17, 15) is 0 Å². The van der Waals surface area contributed by atoms with Gasteiger partial charge in [0.15, 0.2) is 11.8 Å². The van der Waals surface area contributed by atoms with E-state index in [1.165, 1.54) is 24.8 Å². The van der Waals surface area contributed by atoms with Gasteiger partial charge >= 0.3 is 0 Å². The van der Waals surface area contributed by atoms with Crippen molar-refractivity contribution in [3.63, 3.8) is 0 Å². The molecule has 6 heteroatoms. The summed E-state index contributed by atoms with van der Waals surface area (Å²) in [7, 11) is 3.86. The van der Waals surface area contributed by atoms with E-state index < -0.39 is 0 Å². The molecular formula is C18H26N6. The summed E-state index contributed by atoms with van der Waals surface area (Å²) >= 11 is 0. The van der Waals surface area contributed by atoms with Gasteiger partial charge in [-0.15, -0.1) is 10.2 Å². The van der Waals surface area contributed by atoms with Crippen LogP contribution >= 0.6 is 0 Å². The summed E-state index contributed by atoms with van der Waals surface area (Å²) in [6.45, 7) is 2.50. The number of nitrogens with zero attached hydrogens (tertiary/aromatic N) is 5. The number of fused-ring (bicyclic) bond motifs is 1. The Morgan fingerprint density at radius 1 is 1.21 bits per heavy atom. The van der Waals surface area contributed by atoms with Crippen molar-refractivity contribution in [3.8, 4) is 0 Å². The highest BCUT2D eigenvalue weighted by Gasteiger charge is 2.15. The molecule has 1 aliphatic rings. The Hall–Kier alpha value is -2.37. The molecule has 0 amide bonds. The van der Waals surface area contributed by atoms with Gasteiger partial charge in [0.2, 0.25) is 0 Å². The second-order valence-corrected chi connectivity index (χ2v) is 6.24. The van der Waals surface area contributed by atoms with E-state index in [4.69, 9.17) is 0 Å². The van der Waals surface area contributed by atoms with Crippen LogP contribution in [0.1, 0.15) is 36.5 Å². The van der Waals surface area contributed by atoms with E-state index in [0.29, 0.717) is 6.54 Å². The number of hydrogen-bond acceptors (Lipinski definition) is 3. The van der Waals surface area contributed by atoms with Crippen molar-refractivity contribution >= 4 is 5.96 Å². The number of rotatable bonds is 4. The molecule has 0 spiro atoms. The molecule has 0 saturated carbocycles. The summed E-state index contributed by atoms with van der Waals surface area (Å²) in [6, 6.07) is 10.4. The van der Waals surface area contributed by atoms with Gasteiger partial charge in [-0.05, 0) is 18.4 Å². The van der Waals surface area contributed by atoms with Gasteiger partial charge in [-0.2, -0.15) is 0 Å². The Labute approximate surface area is 143 Å². The fourth-order valence-corrected chi connectivity index (χ4v) is 3.15. The first-order chi connectivity index (χ1) is 11.8. The van der Waals surface area contributed by atoms with Crippen LogP contribution in [0.3, 0.4) is 0 Å². The van der Waals surface area contributed by atoms with E-state index in [1.807, 2.05) is 20.2 Å². The molecule has 0 fully saturated rings. The first-order valence-electron chi connectivity index (χ1n) is 8.64. The minimum absolute atomic E-state index is 0.652. The Kier molecular flexibility index (Phi) is 5.46. The maximum atomic E-state index is 4.39. The number of hydrogen-bond donors (Lipinski definition) is 1. The fraction of sp³-hybridized carbons (Fsp3) is 0.500. The molecule has 2 aromatic rings. The summed E-state index contributed by atoms with van der Waals surface area (Å²) in [5, 5.41) is 12.1. The Morgan fingerprint density at radius 3 is 2.83 bits per heavy atom. The Balaban J connectivity index is 1.61. The zero-order valence-corrected chi connectivity index (χ0v) is 14.6. The van der Waals surface area contributed by atoms with Crippen LogP contribution in [0, 0.1) is 0 Å². The first kappa shape index (κ1) is 16.5. The van der Waals surface area contributed by atoms with Gasteiger partial charge in [0.05, 0.1) is 6.54 Å². The highest BCUT2D eigenvalue weighted by Crippen LogP contribution is 2.14. The standard InChI is InChI=1S/C18H26N6/c1-19-18(23(2)14-15-9-5-3-6-10-15)20-13-17-22-21-16-11-7-4-8-12-24(16)17/h3,5-6,9-10H,4,7-8,11-14H2,1-2H3,(H,19,20). The van der Waals surface area contributed by atoms with Crippen molar-refractivity contribution in [2.45, 2.75) is 45.3 Å². The predicted octanol–water partition coefficient (Wildman–Crippen LogP) is 2.21. The second-order valence-electron chi connectivity index (χ2n) is 6.24. The zero-order chi connectivity index (χ0) is 16.8. The minimum atomic E-state index is 0.652. The molecule has 2 heterocycles. The average molecular weight is 326 g/mol. The number of aryl methyl sites for hydroxylation is 1. The second kappa shape index (κ2) is 7.95. The van der Waals surface area contributed by atoms with Gasteiger partial charge < -0.3 is 14.8 Å². The van der Waals surface area contributed by atoms with Crippen molar-refractivity contribution in [2.24, 2.45) is 4.99 Å². The number of benzene rings is 1. The molecule has 128 valence electrons. The van der Waals surface area contributed by atoms with Crippen molar-refractivity contribution in [3.05, 3.63) is 47.5 Å². The molecule has 0 aliphatic carbocycles. The SMILES string of the molecule is CN=C(NCc1nnc2n1CCCCC2)N(C)Cc1ccccc1. The first-order valence-corrected chi connectivity index (χ1v) is 8.64. The van der Waals surface area contributed by atoms with E-state index in [2.05, 4.69) is 54.2 Å². The molecule has 0 unspecified atom stereocenters. The average Bonchev–Trinajstić information content (AvgIpc) is 2.83. The molecule has 1 aliphatic heterocycles. The third kappa shape index (κ3) is 3.93. The maximum absolute atomic E-state index is 4.39. The fourth-order valence-electron chi connectivity index (χ4n) is 3.15. The van der Waals surface area contributed by atoms with E-state index in [-0.39, 0.29) is 0 Å². The normalized spacial score (nSPS) is 14.8.